The zero-order chi connectivity index (χ0) is 16.4. The quantitative estimate of drug-likeness (QED) is 0.792. The lowest BCUT2D eigenvalue weighted by atomic mass is 9.88. The fraction of sp³-hybridized carbons (Fsp3) is 0.389. The maximum atomic E-state index is 12.6. The van der Waals surface area contributed by atoms with Gasteiger partial charge in [-0.2, -0.15) is 13.2 Å². The Bertz CT molecular complexity index is 712. The van der Waals surface area contributed by atoms with Crippen LogP contribution in [0, 0.1) is 5.92 Å². The van der Waals surface area contributed by atoms with E-state index < -0.39 is 11.7 Å². The molecular formula is C18H17F3O2. The molecule has 0 bridgehead atoms. The Hall–Kier alpha value is -2.04. The van der Waals surface area contributed by atoms with Gasteiger partial charge in [-0.15, -0.1) is 0 Å². The molecule has 2 aromatic rings. The summed E-state index contributed by atoms with van der Waals surface area (Å²) in [7, 11) is 0. The van der Waals surface area contributed by atoms with Crippen LogP contribution < -0.4 is 5.63 Å². The molecule has 0 spiro atoms. The van der Waals surface area contributed by atoms with E-state index in [-0.39, 0.29) is 11.5 Å². The summed E-state index contributed by atoms with van der Waals surface area (Å²) in [6.45, 7) is 0. The van der Waals surface area contributed by atoms with Crippen molar-refractivity contribution < 1.29 is 17.6 Å². The zero-order valence-electron chi connectivity index (χ0n) is 12.5. The minimum Gasteiger partial charge on any atom is -0.431 e. The third kappa shape index (κ3) is 4.03. The van der Waals surface area contributed by atoms with Gasteiger partial charge < -0.3 is 4.42 Å². The average Bonchev–Trinajstić information content (AvgIpc) is 3.31. The van der Waals surface area contributed by atoms with Crippen LogP contribution >= 0.6 is 0 Å². The van der Waals surface area contributed by atoms with Gasteiger partial charge in [0.25, 0.3) is 0 Å². The van der Waals surface area contributed by atoms with Crippen LogP contribution in [-0.2, 0) is 12.6 Å². The van der Waals surface area contributed by atoms with E-state index in [9.17, 15) is 18.0 Å². The van der Waals surface area contributed by atoms with Crippen LogP contribution in [0.3, 0.4) is 0 Å². The maximum Gasteiger partial charge on any atom is 0.416 e. The molecule has 0 aliphatic heterocycles. The standard InChI is InChI=1S/C18H17F3O2/c19-18(20,21)15-7-5-13(6-8-15)11-14(10-12-3-4-12)16-2-1-9-23-17(16)22/h1-2,5-9,12,14H,3-4,10-11H2. The van der Waals surface area contributed by atoms with Crippen LogP contribution in [0.1, 0.15) is 41.9 Å². The molecule has 0 saturated heterocycles. The second kappa shape index (κ2) is 6.22. The van der Waals surface area contributed by atoms with Crippen molar-refractivity contribution in [1.82, 2.24) is 0 Å². The molecule has 5 heteroatoms. The highest BCUT2D eigenvalue weighted by Crippen LogP contribution is 2.39. The van der Waals surface area contributed by atoms with Gasteiger partial charge in [0.2, 0.25) is 0 Å². The smallest absolute Gasteiger partial charge is 0.416 e. The first kappa shape index (κ1) is 15.8. The summed E-state index contributed by atoms with van der Waals surface area (Å²) in [5.41, 5.74) is 0.399. The number of hydrogen-bond donors (Lipinski definition) is 0. The highest BCUT2D eigenvalue weighted by molar-refractivity contribution is 5.27. The van der Waals surface area contributed by atoms with E-state index in [4.69, 9.17) is 4.42 Å². The summed E-state index contributed by atoms with van der Waals surface area (Å²) in [4.78, 5) is 11.9. The molecule has 23 heavy (non-hydrogen) atoms. The molecule has 1 atom stereocenters. The van der Waals surface area contributed by atoms with Crippen molar-refractivity contribution in [3.63, 3.8) is 0 Å². The molecule has 0 amide bonds. The minimum atomic E-state index is -4.33. The first-order valence-electron chi connectivity index (χ1n) is 7.67. The summed E-state index contributed by atoms with van der Waals surface area (Å²) in [6.07, 6.45) is 0.743. The van der Waals surface area contributed by atoms with Crippen molar-refractivity contribution in [3.8, 4) is 0 Å². The Balaban J connectivity index is 1.81. The van der Waals surface area contributed by atoms with Gasteiger partial charge >= 0.3 is 11.8 Å². The van der Waals surface area contributed by atoms with E-state index in [1.807, 2.05) is 0 Å². The number of alkyl halides is 3. The lowest BCUT2D eigenvalue weighted by molar-refractivity contribution is -0.137. The van der Waals surface area contributed by atoms with Gasteiger partial charge in [-0.3, -0.25) is 0 Å². The van der Waals surface area contributed by atoms with E-state index in [1.54, 1.807) is 12.1 Å². The largest absolute Gasteiger partial charge is 0.431 e. The zero-order valence-corrected chi connectivity index (χ0v) is 12.5. The Labute approximate surface area is 132 Å². The van der Waals surface area contributed by atoms with Gasteiger partial charge in [0, 0.05) is 5.56 Å². The van der Waals surface area contributed by atoms with Crippen molar-refractivity contribution in [2.45, 2.75) is 37.8 Å². The topological polar surface area (TPSA) is 30.2 Å². The first-order valence-corrected chi connectivity index (χ1v) is 7.67. The Morgan fingerprint density at radius 2 is 1.83 bits per heavy atom. The molecule has 0 N–H and O–H groups in total. The summed E-state index contributed by atoms with van der Waals surface area (Å²) in [5.74, 6) is 0.589. The third-order valence-corrected chi connectivity index (χ3v) is 4.28. The van der Waals surface area contributed by atoms with Gasteiger partial charge in [-0.05, 0) is 54.5 Å². The van der Waals surface area contributed by atoms with Gasteiger partial charge in [-0.1, -0.05) is 25.0 Å². The van der Waals surface area contributed by atoms with Gasteiger partial charge in [0.15, 0.2) is 0 Å². The first-order chi connectivity index (χ1) is 10.9. The van der Waals surface area contributed by atoms with E-state index >= 15 is 0 Å². The van der Waals surface area contributed by atoms with E-state index in [0.29, 0.717) is 17.9 Å². The fourth-order valence-electron chi connectivity index (χ4n) is 2.87. The molecule has 2 nitrogen and oxygen atoms in total. The Kier molecular flexibility index (Phi) is 4.28. The lowest BCUT2D eigenvalue weighted by Crippen LogP contribution is -2.15. The van der Waals surface area contributed by atoms with Gasteiger partial charge in [0.05, 0.1) is 11.8 Å². The van der Waals surface area contributed by atoms with Crippen molar-refractivity contribution >= 4 is 0 Å². The Morgan fingerprint density at radius 3 is 2.39 bits per heavy atom. The third-order valence-electron chi connectivity index (χ3n) is 4.28. The Morgan fingerprint density at radius 1 is 1.13 bits per heavy atom. The molecule has 1 heterocycles. The van der Waals surface area contributed by atoms with Crippen molar-refractivity contribution in [3.05, 3.63) is 69.8 Å². The second-order valence-corrected chi connectivity index (χ2v) is 6.13. The summed E-state index contributed by atoms with van der Waals surface area (Å²) in [6, 6.07) is 8.61. The van der Waals surface area contributed by atoms with Crippen LogP contribution in [0.4, 0.5) is 13.2 Å². The summed E-state index contributed by atoms with van der Waals surface area (Å²) in [5, 5.41) is 0. The van der Waals surface area contributed by atoms with Crippen molar-refractivity contribution in [2.75, 3.05) is 0 Å². The van der Waals surface area contributed by atoms with Gasteiger partial charge in [-0.25, -0.2) is 4.79 Å². The SMILES string of the molecule is O=c1occcc1C(Cc1ccc(C(F)(F)F)cc1)CC1CC1. The van der Waals surface area contributed by atoms with Crippen LogP contribution in [-0.4, -0.2) is 0 Å². The van der Waals surface area contributed by atoms with Crippen molar-refractivity contribution in [1.29, 1.82) is 0 Å². The molecule has 3 rings (SSSR count). The summed E-state index contributed by atoms with van der Waals surface area (Å²) < 4.78 is 42.8. The molecule has 1 saturated carbocycles. The highest BCUT2D eigenvalue weighted by atomic mass is 19.4. The molecule has 1 aliphatic rings. The number of benzene rings is 1. The maximum absolute atomic E-state index is 12.6. The molecule has 1 fully saturated rings. The predicted octanol–water partition coefficient (Wildman–Crippen LogP) is 4.79. The second-order valence-electron chi connectivity index (χ2n) is 6.13. The highest BCUT2D eigenvalue weighted by Gasteiger charge is 2.31. The molecule has 1 aromatic carbocycles. The van der Waals surface area contributed by atoms with Crippen LogP contribution in [0.5, 0.6) is 0 Å². The lowest BCUT2D eigenvalue weighted by Gasteiger charge is -2.16. The monoisotopic (exact) mass is 322 g/mol. The normalized spacial score (nSPS) is 16.3. The van der Waals surface area contributed by atoms with Crippen LogP contribution in [0.25, 0.3) is 0 Å². The van der Waals surface area contributed by atoms with E-state index in [0.717, 1.165) is 37.0 Å². The average molecular weight is 322 g/mol. The molecule has 1 unspecified atom stereocenters. The van der Waals surface area contributed by atoms with Crippen LogP contribution in [0.15, 0.2) is 51.9 Å². The van der Waals surface area contributed by atoms with Crippen molar-refractivity contribution in [2.24, 2.45) is 5.92 Å². The number of hydrogen-bond acceptors (Lipinski definition) is 2. The van der Waals surface area contributed by atoms with Gasteiger partial charge in [0.1, 0.15) is 0 Å². The molecular weight excluding hydrogens is 305 g/mol. The molecule has 0 radical (unpaired) electrons. The molecule has 1 aromatic heterocycles. The number of rotatable bonds is 5. The van der Waals surface area contributed by atoms with Crippen LogP contribution in [0.2, 0.25) is 0 Å². The summed E-state index contributed by atoms with van der Waals surface area (Å²) >= 11 is 0. The van der Waals surface area contributed by atoms with E-state index in [2.05, 4.69) is 0 Å². The molecule has 1 aliphatic carbocycles. The molecule has 122 valence electrons. The predicted molar refractivity (Wildman–Crippen MR) is 80.2 cm³/mol. The fourth-order valence-corrected chi connectivity index (χ4v) is 2.87. The number of halogens is 3. The minimum absolute atomic E-state index is 0.0170. The van der Waals surface area contributed by atoms with E-state index in [1.165, 1.54) is 18.4 Å².